The van der Waals surface area contributed by atoms with Gasteiger partial charge in [0.1, 0.15) is 5.65 Å². The predicted molar refractivity (Wildman–Crippen MR) is 84.5 cm³/mol. The van der Waals surface area contributed by atoms with Crippen LogP contribution in [0.1, 0.15) is 30.6 Å². The van der Waals surface area contributed by atoms with E-state index >= 15 is 0 Å². The van der Waals surface area contributed by atoms with Gasteiger partial charge >= 0.3 is 0 Å². The van der Waals surface area contributed by atoms with Crippen LogP contribution in [0.3, 0.4) is 0 Å². The molecule has 0 aliphatic carbocycles. The van der Waals surface area contributed by atoms with Gasteiger partial charge in [0.2, 0.25) is 0 Å². The number of rotatable bonds is 6. The van der Waals surface area contributed by atoms with Crippen LogP contribution >= 0.6 is 0 Å². The number of carbonyl (C=O) groups excluding carboxylic acids is 1. The van der Waals surface area contributed by atoms with Gasteiger partial charge in [-0.1, -0.05) is 13.8 Å². The Labute approximate surface area is 126 Å². The molecule has 1 atom stereocenters. The molecule has 1 N–H and O–H groups in total. The SMILES string of the molecule is CC(C)C[C@H](CN(C)C)NC(=O)c1ccc2nccn2c1. The lowest BCUT2D eigenvalue weighted by Crippen LogP contribution is -2.42. The molecule has 0 saturated carbocycles. The van der Waals surface area contributed by atoms with Crippen molar-refractivity contribution in [2.45, 2.75) is 26.3 Å². The molecule has 0 aromatic carbocycles. The van der Waals surface area contributed by atoms with E-state index in [1.807, 2.05) is 43.0 Å². The molecule has 0 bridgehead atoms. The third-order valence-electron chi connectivity index (χ3n) is 3.33. The molecule has 114 valence electrons. The number of carbonyl (C=O) groups is 1. The van der Waals surface area contributed by atoms with Crippen molar-refractivity contribution in [1.29, 1.82) is 0 Å². The zero-order valence-corrected chi connectivity index (χ0v) is 13.2. The van der Waals surface area contributed by atoms with Crippen LogP contribution in [0.5, 0.6) is 0 Å². The summed E-state index contributed by atoms with van der Waals surface area (Å²) in [6.45, 7) is 5.19. The van der Waals surface area contributed by atoms with Crippen LogP contribution < -0.4 is 5.32 Å². The Hall–Kier alpha value is -1.88. The largest absolute Gasteiger partial charge is 0.348 e. The molecule has 1 amide bonds. The standard InChI is InChI=1S/C16H24N4O/c1-12(2)9-14(11-19(3)4)18-16(21)13-5-6-15-17-7-8-20(15)10-13/h5-8,10,12,14H,9,11H2,1-4H3,(H,18,21)/t14-/m1/s1. The Morgan fingerprint density at radius 1 is 1.38 bits per heavy atom. The van der Waals surface area contributed by atoms with E-state index in [0.717, 1.165) is 18.6 Å². The molecule has 2 rings (SSSR count). The topological polar surface area (TPSA) is 49.6 Å². The minimum absolute atomic E-state index is 0.0295. The fourth-order valence-electron chi connectivity index (χ4n) is 2.51. The van der Waals surface area contributed by atoms with E-state index in [4.69, 9.17) is 0 Å². The molecular weight excluding hydrogens is 264 g/mol. The van der Waals surface area contributed by atoms with Gasteiger partial charge in [-0.15, -0.1) is 0 Å². The van der Waals surface area contributed by atoms with Crippen molar-refractivity contribution >= 4 is 11.6 Å². The Bertz CT molecular complexity index is 593. The number of amides is 1. The molecule has 2 aromatic heterocycles. The third kappa shape index (κ3) is 4.29. The van der Waals surface area contributed by atoms with E-state index in [-0.39, 0.29) is 11.9 Å². The maximum Gasteiger partial charge on any atom is 0.253 e. The van der Waals surface area contributed by atoms with Crippen molar-refractivity contribution < 1.29 is 4.79 Å². The van der Waals surface area contributed by atoms with Crippen molar-refractivity contribution in [3.05, 3.63) is 36.3 Å². The Morgan fingerprint density at radius 2 is 2.14 bits per heavy atom. The number of likely N-dealkylation sites (N-methyl/N-ethyl adjacent to an activating group) is 1. The molecule has 0 unspecified atom stereocenters. The van der Waals surface area contributed by atoms with Crippen LogP contribution in [-0.2, 0) is 0 Å². The zero-order valence-electron chi connectivity index (χ0n) is 13.2. The molecule has 0 radical (unpaired) electrons. The molecule has 5 heteroatoms. The fraction of sp³-hybridized carbons (Fsp3) is 0.500. The second kappa shape index (κ2) is 6.72. The van der Waals surface area contributed by atoms with Crippen LogP contribution in [0.15, 0.2) is 30.7 Å². The number of imidazole rings is 1. The van der Waals surface area contributed by atoms with Gasteiger partial charge in [-0.3, -0.25) is 4.79 Å². The number of nitrogens with zero attached hydrogens (tertiary/aromatic N) is 3. The number of pyridine rings is 1. The average molecular weight is 288 g/mol. The molecule has 2 heterocycles. The first-order valence-electron chi connectivity index (χ1n) is 7.34. The van der Waals surface area contributed by atoms with Gasteiger partial charge in [0.05, 0.1) is 5.56 Å². The highest BCUT2D eigenvalue weighted by molar-refractivity contribution is 5.94. The van der Waals surface area contributed by atoms with E-state index in [2.05, 4.69) is 29.0 Å². The van der Waals surface area contributed by atoms with Gasteiger partial charge in [0.15, 0.2) is 0 Å². The number of fused-ring (bicyclic) bond motifs is 1. The molecule has 5 nitrogen and oxygen atoms in total. The predicted octanol–water partition coefficient (Wildman–Crippen LogP) is 2.04. The molecule has 2 aromatic rings. The summed E-state index contributed by atoms with van der Waals surface area (Å²) in [6.07, 6.45) is 6.36. The quantitative estimate of drug-likeness (QED) is 0.885. The van der Waals surface area contributed by atoms with E-state index in [0.29, 0.717) is 11.5 Å². The number of aromatic nitrogens is 2. The second-order valence-corrected chi connectivity index (χ2v) is 6.17. The summed E-state index contributed by atoms with van der Waals surface area (Å²) < 4.78 is 1.86. The van der Waals surface area contributed by atoms with Crippen molar-refractivity contribution in [2.24, 2.45) is 5.92 Å². The average Bonchev–Trinajstić information content (AvgIpc) is 2.83. The molecular formula is C16H24N4O. The normalized spacial score (nSPS) is 13.0. The number of hydrogen-bond acceptors (Lipinski definition) is 3. The van der Waals surface area contributed by atoms with Crippen molar-refractivity contribution in [3.63, 3.8) is 0 Å². The van der Waals surface area contributed by atoms with E-state index < -0.39 is 0 Å². The summed E-state index contributed by atoms with van der Waals surface area (Å²) >= 11 is 0. The highest BCUT2D eigenvalue weighted by Crippen LogP contribution is 2.09. The summed E-state index contributed by atoms with van der Waals surface area (Å²) in [5.41, 5.74) is 1.51. The summed E-state index contributed by atoms with van der Waals surface area (Å²) in [7, 11) is 4.05. The van der Waals surface area contributed by atoms with Crippen LogP contribution in [-0.4, -0.2) is 46.9 Å². The van der Waals surface area contributed by atoms with Gasteiger partial charge in [0.25, 0.3) is 5.91 Å². The maximum atomic E-state index is 12.4. The first kappa shape index (κ1) is 15.5. The molecule has 0 aliphatic rings. The fourth-order valence-corrected chi connectivity index (χ4v) is 2.51. The molecule has 0 fully saturated rings. The lowest BCUT2D eigenvalue weighted by molar-refractivity contribution is 0.0924. The van der Waals surface area contributed by atoms with Gasteiger partial charge in [0, 0.05) is 31.2 Å². The van der Waals surface area contributed by atoms with Gasteiger partial charge in [-0.2, -0.15) is 0 Å². The van der Waals surface area contributed by atoms with Gasteiger partial charge < -0.3 is 14.6 Å². The minimum Gasteiger partial charge on any atom is -0.348 e. The lowest BCUT2D eigenvalue weighted by atomic mass is 10.0. The molecule has 0 aliphatic heterocycles. The smallest absolute Gasteiger partial charge is 0.253 e. The summed E-state index contributed by atoms with van der Waals surface area (Å²) in [5.74, 6) is 0.518. The first-order chi connectivity index (χ1) is 9.95. The summed E-state index contributed by atoms with van der Waals surface area (Å²) in [6, 6.07) is 3.84. The van der Waals surface area contributed by atoms with Crippen LogP contribution in [0.2, 0.25) is 0 Å². The van der Waals surface area contributed by atoms with E-state index in [1.54, 1.807) is 6.20 Å². The van der Waals surface area contributed by atoms with Gasteiger partial charge in [-0.25, -0.2) is 4.98 Å². The lowest BCUT2D eigenvalue weighted by Gasteiger charge is -2.24. The number of hydrogen-bond donors (Lipinski definition) is 1. The van der Waals surface area contributed by atoms with Crippen molar-refractivity contribution in [1.82, 2.24) is 19.6 Å². The highest BCUT2D eigenvalue weighted by Gasteiger charge is 2.16. The Morgan fingerprint density at radius 3 is 2.81 bits per heavy atom. The molecule has 0 spiro atoms. The Kier molecular flexibility index (Phi) is 4.96. The second-order valence-electron chi connectivity index (χ2n) is 6.17. The van der Waals surface area contributed by atoms with Crippen LogP contribution in [0, 0.1) is 5.92 Å². The van der Waals surface area contributed by atoms with E-state index in [1.165, 1.54) is 0 Å². The first-order valence-corrected chi connectivity index (χ1v) is 7.34. The van der Waals surface area contributed by atoms with E-state index in [9.17, 15) is 4.79 Å². The monoisotopic (exact) mass is 288 g/mol. The number of nitrogens with one attached hydrogen (secondary N) is 1. The zero-order chi connectivity index (χ0) is 15.4. The third-order valence-corrected chi connectivity index (χ3v) is 3.33. The summed E-state index contributed by atoms with van der Waals surface area (Å²) in [4.78, 5) is 18.7. The van der Waals surface area contributed by atoms with Crippen LogP contribution in [0.25, 0.3) is 5.65 Å². The van der Waals surface area contributed by atoms with Crippen molar-refractivity contribution in [3.8, 4) is 0 Å². The molecule has 21 heavy (non-hydrogen) atoms. The Balaban J connectivity index is 2.09. The van der Waals surface area contributed by atoms with Gasteiger partial charge in [-0.05, 0) is 38.6 Å². The van der Waals surface area contributed by atoms with Crippen molar-refractivity contribution in [2.75, 3.05) is 20.6 Å². The molecule has 0 saturated heterocycles. The van der Waals surface area contributed by atoms with Crippen LogP contribution in [0.4, 0.5) is 0 Å². The minimum atomic E-state index is -0.0295. The maximum absolute atomic E-state index is 12.4. The summed E-state index contributed by atoms with van der Waals surface area (Å²) in [5, 5.41) is 3.14. The highest BCUT2D eigenvalue weighted by atomic mass is 16.1.